The zero-order chi connectivity index (χ0) is 32.8. The molecule has 0 aromatic heterocycles. The normalized spacial score (nSPS) is 13.1. The van der Waals surface area contributed by atoms with Crippen molar-refractivity contribution in [3.05, 3.63) is 191 Å². The Hall–Kier alpha value is -4.63. The van der Waals surface area contributed by atoms with Gasteiger partial charge in [-0.25, -0.2) is 0 Å². The summed E-state index contributed by atoms with van der Waals surface area (Å²) in [5.74, 6) is -0.191. The van der Waals surface area contributed by atoms with Crippen LogP contribution in [0.5, 0.6) is 0 Å². The second kappa shape index (κ2) is 14.9. The zero-order valence-electron chi connectivity index (χ0n) is 26.8. The molecule has 234 valence electrons. The van der Waals surface area contributed by atoms with Crippen molar-refractivity contribution in [3.8, 4) is 0 Å². The van der Waals surface area contributed by atoms with Crippen molar-refractivity contribution in [2.75, 3.05) is 0 Å². The van der Waals surface area contributed by atoms with Crippen molar-refractivity contribution >= 4 is 40.5 Å². The molecule has 0 fully saturated rings. The highest BCUT2D eigenvalue weighted by Gasteiger charge is 2.34. The fourth-order valence-corrected chi connectivity index (χ4v) is 10.3. The number of carbonyl (C=O) groups excluding carboxylic acids is 1. The van der Waals surface area contributed by atoms with Crippen LogP contribution < -0.4 is 21.2 Å². The molecule has 47 heavy (non-hydrogen) atoms. The Bertz CT molecular complexity index is 1940. The van der Waals surface area contributed by atoms with Gasteiger partial charge in [0.1, 0.15) is 0 Å². The van der Waals surface area contributed by atoms with E-state index in [0.29, 0.717) is 5.56 Å². The summed E-state index contributed by atoms with van der Waals surface area (Å²) in [6.45, 7) is 6.15. The van der Waals surface area contributed by atoms with Gasteiger partial charge in [-0.2, -0.15) is 0 Å². The fourth-order valence-electron chi connectivity index (χ4n) is 6.03. The lowest BCUT2D eigenvalue weighted by Crippen LogP contribution is -2.37. The van der Waals surface area contributed by atoms with Crippen molar-refractivity contribution in [3.63, 3.8) is 0 Å². The van der Waals surface area contributed by atoms with Crippen molar-refractivity contribution in [2.45, 2.75) is 37.0 Å². The molecule has 1 N–H and O–H groups in total. The summed E-state index contributed by atoms with van der Waals surface area (Å²) in [5.41, 5.74) is 5.66. The number of aryl methyl sites for hydroxylation is 3. The Morgan fingerprint density at radius 1 is 0.574 bits per heavy atom. The highest BCUT2D eigenvalue weighted by molar-refractivity contribution is 7.85. The molecule has 0 bridgehead atoms. The van der Waals surface area contributed by atoms with Crippen LogP contribution in [0.15, 0.2) is 163 Å². The third-order valence-electron chi connectivity index (χ3n) is 8.53. The second-order valence-corrected chi connectivity index (χ2v) is 15.4. The molecule has 0 spiro atoms. The van der Waals surface area contributed by atoms with E-state index in [9.17, 15) is 9.00 Å². The average molecular weight is 652 g/mol. The maximum atomic E-state index is 14.9. The molecule has 5 heteroatoms. The topological polar surface area (TPSA) is 46.2 Å². The number of hydrogen-bond acceptors (Lipinski definition) is 2. The van der Waals surface area contributed by atoms with E-state index in [1.54, 1.807) is 0 Å². The number of carbonyl (C=O) groups is 1. The smallest absolute Gasteiger partial charge is 0.252 e. The van der Waals surface area contributed by atoms with E-state index in [2.05, 4.69) is 79.8 Å². The molecule has 3 nitrogen and oxygen atoms in total. The van der Waals surface area contributed by atoms with Gasteiger partial charge in [-0.3, -0.25) is 9.00 Å². The molecule has 0 saturated heterocycles. The quantitative estimate of drug-likeness (QED) is 0.151. The SMILES string of the molecule is Cc1cc(C)c(S(=O)C(c2ccccc2)C(NC(=O)c2ccccc2P(c2ccccc2)c2ccccc2)c2ccccc2)cc1C. The van der Waals surface area contributed by atoms with E-state index in [1.807, 2.05) is 104 Å². The largest absolute Gasteiger partial charge is 0.344 e. The lowest BCUT2D eigenvalue weighted by molar-refractivity contribution is 0.0937. The van der Waals surface area contributed by atoms with E-state index >= 15 is 0 Å². The van der Waals surface area contributed by atoms with Crippen molar-refractivity contribution in [1.29, 1.82) is 0 Å². The first kappa shape index (κ1) is 32.3. The number of hydrogen-bond donors (Lipinski definition) is 1. The Labute approximate surface area is 281 Å². The molecule has 0 aliphatic rings. The van der Waals surface area contributed by atoms with Crippen LogP contribution in [0.25, 0.3) is 0 Å². The first-order valence-corrected chi connectivity index (χ1v) is 18.4. The Morgan fingerprint density at radius 3 is 1.62 bits per heavy atom. The molecule has 3 unspecified atom stereocenters. The molecular weight excluding hydrogens is 614 g/mol. The third kappa shape index (κ3) is 7.20. The van der Waals surface area contributed by atoms with Crippen LogP contribution in [-0.2, 0) is 10.8 Å². The van der Waals surface area contributed by atoms with Gasteiger partial charge < -0.3 is 5.32 Å². The zero-order valence-corrected chi connectivity index (χ0v) is 28.5. The third-order valence-corrected chi connectivity index (χ3v) is 12.9. The van der Waals surface area contributed by atoms with E-state index in [-0.39, 0.29) is 5.91 Å². The van der Waals surface area contributed by atoms with Crippen LogP contribution in [0.2, 0.25) is 0 Å². The molecule has 6 aromatic carbocycles. The average Bonchev–Trinajstić information content (AvgIpc) is 3.11. The molecule has 0 aliphatic heterocycles. The van der Waals surface area contributed by atoms with Crippen LogP contribution in [0.3, 0.4) is 0 Å². The Balaban J connectivity index is 1.47. The summed E-state index contributed by atoms with van der Waals surface area (Å²) in [7, 11) is -2.51. The Morgan fingerprint density at radius 2 is 1.04 bits per heavy atom. The standard InChI is InChI=1S/C42H38NO2PS/c1-30-28-32(3)39(29-31(30)2)47(45)41(34-20-10-5-11-21-34)40(33-18-8-4-9-19-33)43-42(44)37-26-16-17-27-38(37)46(35-22-12-6-13-23-35)36-24-14-7-15-25-36/h4-29,40-41H,1-3H3,(H,43,44). The predicted octanol–water partition coefficient (Wildman–Crippen LogP) is 8.39. The first-order valence-electron chi connectivity index (χ1n) is 15.8. The molecule has 3 atom stereocenters. The lowest BCUT2D eigenvalue weighted by atomic mass is 9.97. The van der Waals surface area contributed by atoms with Gasteiger partial charge >= 0.3 is 0 Å². The van der Waals surface area contributed by atoms with E-state index in [0.717, 1.165) is 38.0 Å². The molecular formula is C42H38NO2PS. The number of rotatable bonds is 10. The summed E-state index contributed by atoms with van der Waals surface area (Å²) >= 11 is 0. The monoisotopic (exact) mass is 651 g/mol. The van der Waals surface area contributed by atoms with Gasteiger partial charge in [-0.05, 0) is 84.6 Å². The predicted molar refractivity (Wildman–Crippen MR) is 198 cm³/mol. The van der Waals surface area contributed by atoms with Gasteiger partial charge in [0.2, 0.25) is 0 Å². The second-order valence-electron chi connectivity index (χ2n) is 11.7. The van der Waals surface area contributed by atoms with E-state index in [4.69, 9.17) is 0 Å². The summed E-state index contributed by atoms with van der Waals surface area (Å²) in [6, 6.07) is 52.2. The minimum atomic E-state index is -1.49. The molecule has 6 rings (SSSR count). The maximum Gasteiger partial charge on any atom is 0.252 e. The van der Waals surface area contributed by atoms with Gasteiger partial charge in [0.05, 0.1) is 22.1 Å². The van der Waals surface area contributed by atoms with Gasteiger partial charge in [-0.1, -0.05) is 146 Å². The van der Waals surface area contributed by atoms with Crippen molar-refractivity contribution in [2.24, 2.45) is 0 Å². The van der Waals surface area contributed by atoms with Crippen LogP contribution in [0.1, 0.15) is 49.5 Å². The number of nitrogens with one attached hydrogen (secondary N) is 1. The minimum absolute atomic E-state index is 0.191. The highest BCUT2D eigenvalue weighted by atomic mass is 32.2. The van der Waals surface area contributed by atoms with E-state index < -0.39 is 30.0 Å². The lowest BCUT2D eigenvalue weighted by Gasteiger charge is -2.30. The van der Waals surface area contributed by atoms with Gasteiger partial charge in [0.25, 0.3) is 5.91 Å². The van der Waals surface area contributed by atoms with Crippen molar-refractivity contribution < 1.29 is 9.00 Å². The maximum absolute atomic E-state index is 14.9. The highest BCUT2D eigenvalue weighted by Crippen LogP contribution is 2.39. The summed E-state index contributed by atoms with van der Waals surface area (Å²) in [5, 5.41) is 6.19. The van der Waals surface area contributed by atoms with Gasteiger partial charge in [-0.15, -0.1) is 0 Å². The van der Waals surface area contributed by atoms with Crippen LogP contribution in [0, 0.1) is 20.8 Å². The minimum Gasteiger partial charge on any atom is -0.344 e. The fraction of sp³-hybridized carbons (Fsp3) is 0.119. The summed E-state index contributed by atoms with van der Waals surface area (Å²) in [6.07, 6.45) is 0. The van der Waals surface area contributed by atoms with E-state index in [1.165, 1.54) is 10.6 Å². The van der Waals surface area contributed by atoms with Crippen LogP contribution in [-0.4, -0.2) is 10.1 Å². The first-order chi connectivity index (χ1) is 22.9. The van der Waals surface area contributed by atoms with Crippen LogP contribution in [0.4, 0.5) is 0 Å². The molecule has 0 aliphatic carbocycles. The Kier molecular flexibility index (Phi) is 10.2. The number of amides is 1. The molecule has 0 heterocycles. The molecule has 0 saturated carbocycles. The van der Waals surface area contributed by atoms with Crippen molar-refractivity contribution in [1.82, 2.24) is 5.32 Å². The van der Waals surface area contributed by atoms with Gasteiger partial charge in [0.15, 0.2) is 0 Å². The van der Waals surface area contributed by atoms with Gasteiger partial charge in [0, 0.05) is 10.5 Å². The number of benzene rings is 6. The molecule has 1 amide bonds. The summed E-state index contributed by atoms with van der Waals surface area (Å²) < 4.78 is 14.9. The van der Waals surface area contributed by atoms with Crippen LogP contribution >= 0.6 is 7.92 Å². The molecule has 0 radical (unpaired) electrons. The molecule has 6 aromatic rings. The summed E-state index contributed by atoms with van der Waals surface area (Å²) in [4.78, 5) is 15.5.